The van der Waals surface area contributed by atoms with Crippen LogP contribution in [0.3, 0.4) is 0 Å². The average molecular weight is 394 g/mol. The van der Waals surface area contributed by atoms with Gasteiger partial charge in [-0.15, -0.1) is 0 Å². The van der Waals surface area contributed by atoms with Crippen molar-refractivity contribution in [2.45, 2.75) is 13.5 Å². The molecule has 148 valence electrons. The average Bonchev–Trinajstić information content (AvgIpc) is 3.20. The van der Waals surface area contributed by atoms with Gasteiger partial charge in [0.05, 0.1) is 18.9 Å². The number of carbonyl (C=O) groups excluding carboxylic acids is 3. The molecule has 0 N–H and O–H groups in total. The van der Waals surface area contributed by atoms with Crippen molar-refractivity contribution in [3.8, 4) is 16.9 Å². The summed E-state index contributed by atoms with van der Waals surface area (Å²) >= 11 is 0. The first-order chi connectivity index (χ1) is 14.0. The summed E-state index contributed by atoms with van der Waals surface area (Å²) in [6.07, 6.45) is 1.33. The molecular formula is C22H18O7. The number of carbonyl (C=O) groups is 3. The molecule has 1 aromatic heterocycles. The Labute approximate surface area is 166 Å². The summed E-state index contributed by atoms with van der Waals surface area (Å²) in [7, 11) is 1.24. The highest BCUT2D eigenvalue weighted by atomic mass is 16.5. The summed E-state index contributed by atoms with van der Waals surface area (Å²) in [6.45, 7) is 1.23. The zero-order valence-electron chi connectivity index (χ0n) is 15.8. The van der Waals surface area contributed by atoms with Crippen molar-refractivity contribution in [1.29, 1.82) is 0 Å². The number of benzene rings is 2. The van der Waals surface area contributed by atoms with Crippen LogP contribution in [0.4, 0.5) is 0 Å². The minimum Gasteiger partial charge on any atom is -0.463 e. The maximum absolute atomic E-state index is 12.3. The number of methoxy groups -OCH3 is 1. The molecule has 3 rings (SSSR count). The van der Waals surface area contributed by atoms with Crippen LogP contribution in [0.25, 0.3) is 11.1 Å². The number of ether oxygens (including phenoxy) is 3. The van der Waals surface area contributed by atoms with Crippen molar-refractivity contribution in [2.75, 3.05) is 7.11 Å². The molecule has 0 aliphatic carbocycles. The van der Waals surface area contributed by atoms with Crippen LogP contribution < -0.4 is 4.74 Å². The summed E-state index contributed by atoms with van der Waals surface area (Å²) < 4.78 is 19.9. The summed E-state index contributed by atoms with van der Waals surface area (Å²) in [4.78, 5) is 34.8. The van der Waals surface area contributed by atoms with Crippen LogP contribution in [-0.2, 0) is 20.9 Å². The molecule has 0 amide bonds. The number of rotatable bonds is 6. The molecule has 29 heavy (non-hydrogen) atoms. The third-order valence-electron chi connectivity index (χ3n) is 4.05. The summed E-state index contributed by atoms with van der Waals surface area (Å²) in [5.74, 6) is -1.07. The third kappa shape index (κ3) is 4.90. The molecule has 0 unspecified atom stereocenters. The fourth-order valence-corrected chi connectivity index (χ4v) is 2.63. The van der Waals surface area contributed by atoms with Gasteiger partial charge in [0, 0.05) is 12.5 Å². The lowest BCUT2D eigenvalue weighted by Crippen LogP contribution is -2.08. The number of hydrogen-bond donors (Lipinski definition) is 0. The Kier molecular flexibility index (Phi) is 6.09. The Morgan fingerprint density at radius 2 is 1.48 bits per heavy atom. The van der Waals surface area contributed by atoms with Gasteiger partial charge in [-0.3, -0.25) is 4.79 Å². The molecule has 7 heteroatoms. The molecular weight excluding hydrogens is 376 g/mol. The van der Waals surface area contributed by atoms with Crippen LogP contribution in [-0.4, -0.2) is 25.0 Å². The van der Waals surface area contributed by atoms with E-state index in [4.69, 9.17) is 13.9 Å². The van der Waals surface area contributed by atoms with Crippen molar-refractivity contribution in [3.63, 3.8) is 0 Å². The van der Waals surface area contributed by atoms with E-state index in [1.165, 1.54) is 20.3 Å². The SMILES string of the molecule is COC(=O)c1occc1COC(=O)c1ccc(-c2ccc(OC(C)=O)cc2)cc1. The smallest absolute Gasteiger partial charge is 0.374 e. The fraction of sp³-hybridized carbons (Fsp3) is 0.136. The third-order valence-corrected chi connectivity index (χ3v) is 4.05. The van der Waals surface area contributed by atoms with Gasteiger partial charge in [-0.25, -0.2) is 9.59 Å². The second-order valence-corrected chi connectivity index (χ2v) is 6.04. The van der Waals surface area contributed by atoms with E-state index >= 15 is 0 Å². The van der Waals surface area contributed by atoms with Crippen LogP contribution in [0, 0.1) is 0 Å². The van der Waals surface area contributed by atoms with E-state index in [-0.39, 0.29) is 18.3 Å². The predicted octanol–water partition coefficient (Wildman–Crippen LogP) is 4.02. The Morgan fingerprint density at radius 1 is 0.862 bits per heavy atom. The standard InChI is InChI=1S/C22H18O7/c1-14(23)29-19-9-7-16(8-10-19)15-3-5-17(6-4-15)21(24)28-13-18-11-12-27-20(18)22(25)26-2/h3-12H,13H2,1-2H3. The highest BCUT2D eigenvalue weighted by molar-refractivity contribution is 5.90. The molecule has 0 atom stereocenters. The van der Waals surface area contributed by atoms with E-state index in [0.29, 0.717) is 16.9 Å². The molecule has 1 heterocycles. The van der Waals surface area contributed by atoms with E-state index in [1.54, 1.807) is 42.5 Å². The van der Waals surface area contributed by atoms with Gasteiger partial charge in [0.15, 0.2) is 0 Å². The van der Waals surface area contributed by atoms with Gasteiger partial charge >= 0.3 is 17.9 Å². The van der Waals surface area contributed by atoms with E-state index in [2.05, 4.69) is 4.74 Å². The highest BCUT2D eigenvalue weighted by Crippen LogP contribution is 2.23. The van der Waals surface area contributed by atoms with E-state index in [0.717, 1.165) is 11.1 Å². The van der Waals surface area contributed by atoms with Crippen molar-refractivity contribution in [2.24, 2.45) is 0 Å². The summed E-state index contributed by atoms with van der Waals surface area (Å²) in [5, 5.41) is 0. The van der Waals surface area contributed by atoms with Gasteiger partial charge in [-0.05, 0) is 41.5 Å². The molecule has 0 aliphatic rings. The molecule has 0 saturated heterocycles. The van der Waals surface area contributed by atoms with Gasteiger partial charge in [0.1, 0.15) is 12.4 Å². The first-order valence-electron chi connectivity index (χ1n) is 8.68. The van der Waals surface area contributed by atoms with E-state index in [9.17, 15) is 14.4 Å². The lowest BCUT2D eigenvalue weighted by atomic mass is 10.0. The molecule has 7 nitrogen and oxygen atoms in total. The Morgan fingerprint density at radius 3 is 2.07 bits per heavy atom. The first kappa shape index (κ1) is 19.9. The number of esters is 3. The summed E-state index contributed by atoms with van der Waals surface area (Å²) in [6, 6.07) is 15.4. The quantitative estimate of drug-likeness (QED) is 0.461. The second kappa shape index (κ2) is 8.88. The second-order valence-electron chi connectivity index (χ2n) is 6.04. The lowest BCUT2D eigenvalue weighted by Gasteiger charge is -2.07. The van der Waals surface area contributed by atoms with Gasteiger partial charge in [-0.2, -0.15) is 0 Å². The topological polar surface area (TPSA) is 92.0 Å². The molecule has 0 bridgehead atoms. The van der Waals surface area contributed by atoms with Crippen LogP contribution in [0.2, 0.25) is 0 Å². The minimum atomic E-state index is -0.634. The van der Waals surface area contributed by atoms with Gasteiger partial charge in [0.25, 0.3) is 0 Å². The predicted molar refractivity (Wildman–Crippen MR) is 102 cm³/mol. The van der Waals surface area contributed by atoms with Crippen LogP contribution in [0.15, 0.2) is 65.3 Å². The fourth-order valence-electron chi connectivity index (χ4n) is 2.63. The molecule has 2 aromatic carbocycles. The van der Waals surface area contributed by atoms with E-state index < -0.39 is 11.9 Å². The summed E-state index contributed by atoms with van der Waals surface area (Å²) in [5.41, 5.74) is 2.59. The molecule has 3 aromatic rings. The van der Waals surface area contributed by atoms with Crippen LogP contribution in [0.5, 0.6) is 5.75 Å². The number of furan rings is 1. The Hall–Kier alpha value is -3.87. The molecule has 0 fully saturated rings. The van der Waals surface area contributed by atoms with Gasteiger partial charge in [-0.1, -0.05) is 24.3 Å². The van der Waals surface area contributed by atoms with Crippen LogP contribution in [0.1, 0.15) is 33.4 Å². The van der Waals surface area contributed by atoms with Crippen molar-refractivity contribution >= 4 is 17.9 Å². The molecule has 0 aliphatic heterocycles. The van der Waals surface area contributed by atoms with E-state index in [1.807, 2.05) is 12.1 Å². The zero-order valence-corrected chi connectivity index (χ0v) is 15.8. The first-order valence-corrected chi connectivity index (χ1v) is 8.68. The maximum Gasteiger partial charge on any atom is 0.374 e. The zero-order chi connectivity index (χ0) is 20.8. The van der Waals surface area contributed by atoms with Crippen molar-refractivity contribution in [1.82, 2.24) is 0 Å². The highest BCUT2D eigenvalue weighted by Gasteiger charge is 2.17. The Bertz CT molecular complexity index is 1010. The number of hydrogen-bond acceptors (Lipinski definition) is 7. The van der Waals surface area contributed by atoms with Crippen molar-refractivity contribution in [3.05, 3.63) is 77.7 Å². The lowest BCUT2D eigenvalue weighted by molar-refractivity contribution is -0.131. The molecule has 0 spiro atoms. The van der Waals surface area contributed by atoms with Crippen LogP contribution >= 0.6 is 0 Å². The van der Waals surface area contributed by atoms with Gasteiger partial charge < -0.3 is 18.6 Å². The molecule has 0 radical (unpaired) electrons. The van der Waals surface area contributed by atoms with Gasteiger partial charge in [0.2, 0.25) is 5.76 Å². The van der Waals surface area contributed by atoms with Crippen molar-refractivity contribution < 1.29 is 33.0 Å². The normalized spacial score (nSPS) is 10.3. The molecule has 0 saturated carbocycles. The maximum atomic E-state index is 12.3. The Balaban J connectivity index is 1.64. The monoisotopic (exact) mass is 394 g/mol. The minimum absolute atomic E-state index is 0.00727. The largest absolute Gasteiger partial charge is 0.463 e.